The fourth-order valence-corrected chi connectivity index (χ4v) is 1.98. The first-order chi connectivity index (χ1) is 7.91. The van der Waals surface area contributed by atoms with Crippen LogP contribution >= 0.6 is 11.6 Å². The normalized spacial score (nSPS) is 12.1. The molecule has 1 heterocycles. The summed E-state index contributed by atoms with van der Waals surface area (Å²) in [6, 6.07) is 8.06. The molecular formula is C14H16ClNO. The third-order valence-electron chi connectivity index (χ3n) is 2.88. The van der Waals surface area contributed by atoms with Crippen molar-refractivity contribution in [1.82, 2.24) is 4.98 Å². The summed E-state index contributed by atoms with van der Waals surface area (Å²) in [6.07, 6.45) is 0. The Bertz CT molecular complexity index is 558. The van der Waals surface area contributed by atoms with E-state index in [0.29, 0.717) is 10.7 Å². The van der Waals surface area contributed by atoms with Gasteiger partial charge in [0.05, 0.1) is 12.1 Å². The van der Waals surface area contributed by atoms with Gasteiger partial charge in [-0.3, -0.25) is 0 Å². The molecule has 0 saturated heterocycles. The van der Waals surface area contributed by atoms with Crippen LogP contribution in [-0.4, -0.2) is 10.1 Å². The number of fused-ring (bicyclic) bond motifs is 1. The Morgan fingerprint density at radius 1 is 1.24 bits per heavy atom. The third kappa shape index (κ3) is 2.43. The molecule has 0 aliphatic rings. The fourth-order valence-electron chi connectivity index (χ4n) is 1.77. The van der Waals surface area contributed by atoms with Crippen LogP contribution in [0.1, 0.15) is 31.9 Å². The molecule has 2 nitrogen and oxygen atoms in total. The van der Waals surface area contributed by atoms with Gasteiger partial charge in [-0.1, -0.05) is 38.4 Å². The molecule has 0 aliphatic carbocycles. The first kappa shape index (κ1) is 12.3. The van der Waals surface area contributed by atoms with Crippen LogP contribution in [0, 0.1) is 0 Å². The molecule has 0 unspecified atom stereocenters. The molecule has 17 heavy (non-hydrogen) atoms. The summed E-state index contributed by atoms with van der Waals surface area (Å²) in [6.45, 7) is 6.43. The summed E-state index contributed by atoms with van der Waals surface area (Å²) in [5, 5.41) is 10.6. The molecule has 1 N–H and O–H groups in total. The molecule has 1 aromatic heterocycles. The molecule has 90 valence electrons. The molecule has 0 fully saturated rings. The van der Waals surface area contributed by atoms with Gasteiger partial charge < -0.3 is 5.11 Å². The second kappa shape index (κ2) is 4.28. The summed E-state index contributed by atoms with van der Waals surface area (Å²) in [5.41, 5.74) is 2.89. The van der Waals surface area contributed by atoms with E-state index in [9.17, 15) is 5.11 Å². The van der Waals surface area contributed by atoms with E-state index in [4.69, 9.17) is 11.6 Å². The monoisotopic (exact) mass is 249 g/mol. The predicted octanol–water partition coefficient (Wildman–Crippen LogP) is 3.68. The minimum atomic E-state index is -0.0818. The van der Waals surface area contributed by atoms with Crippen molar-refractivity contribution in [3.05, 3.63) is 40.5 Å². The number of hydrogen-bond acceptors (Lipinski definition) is 2. The van der Waals surface area contributed by atoms with Gasteiger partial charge >= 0.3 is 0 Å². The van der Waals surface area contributed by atoms with Crippen LogP contribution in [0.5, 0.6) is 0 Å². The molecule has 2 rings (SSSR count). The zero-order valence-corrected chi connectivity index (χ0v) is 11.0. The average molecular weight is 250 g/mol. The lowest BCUT2D eigenvalue weighted by Crippen LogP contribution is -2.10. The molecule has 1 aromatic carbocycles. The van der Waals surface area contributed by atoms with Gasteiger partial charge in [-0.2, -0.15) is 0 Å². The van der Waals surface area contributed by atoms with Crippen LogP contribution in [0.2, 0.25) is 5.15 Å². The predicted molar refractivity (Wildman–Crippen MR) is 71.4 cm³/mol. The number of benzene rings is 1. The average Bonchev–Trinajstić information content (AvgIpc) is 2.26. The van der Waals surface area contributed by atoms with Crippen LogP contribution in [0.3, 0.4) is 0 Å². The van der Waals surface area contributed by atoms with Gasteiger partial charge in [0.15, 0.2) is 0 Å². The second-order valence-electron chi connectivity index (χ2n) is 5.25. The lowest BCUT2D eigenvalue weighted by Gasteiger charge is -2.19. The first-order valence-electron chi connectivity index (χ1n) is 5.62. The maximum atomic E-state index is 9.18. The Morgan fingerprint density at radius 2 is 1.94 bits per heavy atom. The first-order valence-corrected chi connectivity index (χ1v) is 6.00. The highest BCUT2D eigenvalue weighted by molar-refractivity contribution is 6.30. The van der Waals surface area contributed by atoms with Crippen molar-refractivity contribution in [2.24, 2.45) is 0 Å². The molecule has 0 spiro atoms. The summed E-state index contributed by atoms with van der Waals surface area (Å²) in [4.78, 5) is 4.28. The van der Waals surface area contributed by atoms with Crippen molar-refractivity contribution in [1.29, 1.82) is 0 Å². The largest absolute Gasteiger partial charge is 0.392 e. The lowest BCUT2D eigenvalue weighted by atomic mass is 9.86. The van der Waals surface area contributed by atoms with Crippen LogP contribution in [0.15, 0.2) is 24.3 Å². The third-order valence-corrected chi connectivity index (χ3v) is 3.20. The topological polar surface area (TPSA) is 33.1 Å². The molecule has 0 saturated carbocycles. The maximum Gasteiger partial charge on any atom is 0.135 e. The van der Waals surface area contributed by atoms with Gasteiger partial charge in [0.1, 0.15) is 5.15 Å². The molecule has 2 aromatic rings. The van der Waals surface area contributed by atoms with E-state index in [1.54, 1.807) is 0 Å². The molecule has 0 bridgehead atoms. The maximum absolute atomic E-state index is 9.18. The van der Waals surface area contributed by atoms with Crippen LogP contribution < -0.4 is 0 Å². The van der Waals surface area contributed by atoms with Crippen molar-refractivity contribution >= 4 is 22.5 Å². The number of halogens is 1. The number of hydrogen-bond donors (Lipinski definition) is 1. The zero-order valence-electron chi connectivity index (χ0n) is 10.3. The molecule has 0 amide bonds. The summed E-state index contributed by atoms with van der Waals surface area (Å²) in [5.74, 6) is 0. The highest BCUT2D eigenvalue weighted by Crippen LogP contribution is 2.27. The van der Waals surface area contributed by atoms with Crippen molar-refractivity contribution < 1.29 is 5.11 Å². The second-order valence-corrected chi connectivity index (χ2v) is 5.61. The summed E-state index contributed by atoms with van der Waals surface area (Å²) >= 11 is 5.96. The van der Waals surface area contributed by atoms with Gasteiger partial charge in [-0.15, -0.1) is 0 Å². The Kier molecular flexibility index (Phi) is 3.11. The summed E-state index contributed by atoms with van der Waals surface area (Å²) < 4.78 is 0. The fraction of sp³-hybridized carbons (Fsp3) is 0.357. The minimum absolute atomic E-state index is 0.0818. The van der Waals surface area contributed by atoms with E-state index < -0.39 is 0 Å². The van der Waals surface area contributed by atoms with Crippen molar-refractivity contribution in [3.63, 3.8) is 0 Å². The van der Waals surface area contributed by atoms with Crippen molar-refractivity contribution in [2.45, 2.75) is 32.8 Å². The van der Waals surface area contributed by atoms with E-state index in [-0.39, 0.29) is 12.0 Å². The Morgan fingerprint density at radius 3 is 2.53 bits per heavy atom. The highest BCUT2D eigenvalue weighted by Gasteiger charge is 2.14. The van der Waals surface area contributed by atoms with Gasteiger partial charge in [-0.05, 0) is 29.2 Å². The summed E-state index contributed by atoms with van der Waals surface area (Å²) in [7, 11) is 0. The lowest BCUT2D eigenvalue weighted by molar-refractivity contribution is 0.281. The molecule has 0 radical (unpaired) electrons. The zero-order chi connectivity index (χ0) is 12.6. The van der Waals surface area contributed by atoms with E-state index in [2.05, 4.69) is 37.9 Å². The number of aliphatic hydroxyl groups is 1. The molecule has 3 heteroatoms. The smallest absolute Gasteiger partial charge is 0.135 e. The number of pyridine rings is 1. The van der Waals surface area contributed by atoms with E-state index in [0.717, 1.165) is 10.9 Å². The highest BCUT2D eigenvalue weighted by atomic mass is 35.5. The van der Waals surface area contributed by atoms with Crippen molar-refractivity contribution in [3.8, 4) is 0 Å². The Hall–Kier alpha value is -1.12. The van der Waals surface area contributed by atoms with E-state index in [1.165, 1.54) is 5.56 Å². The van der Waals surface area contributed by atoms with Gasteiger partial charge in [-0.25, -0.2) is 4.98 Å². The molecule has 0 aliphatic heterocycles. The number of aromatic nitrogens is 1. The molecule has 0 atom stereocenters. The van der Waals surface area contributed by atoms with Crippen LogP contribution in [0.25, 0.3) is 10.9 Å². The molecular weight excluding hydrogens is 234 g/mol. The van der Waals surface area contributed by atoms with E-state index >= 15 is 0 Å². The van der Waals surface area contributed by atoms with Crippen LogP contribution in [0.4, 0.5) is 0 Å². The van der Waals surface area contributed by atoms with Gasteiger partial charge in [0, 0.05) is 10.9 Å². The number of aliphatic hydroxyl groups excluding tert-OH is 1. The quantitative estimate of drug-likeness (QED) is 0.782. The van der Waals surface area contributed by atoms with Gasteiger partial charge in [0.2, 0.25) is 0 Å². The standard InChI is InChI=1S/C14H16ClNO/c1-14(2,3)11-4-5-12-9(7-11)6-10(8-17)13(15)16-12/h4-7,17H,8H2,1-3H3. The Balaban J connectivity index is 2.65. The Labute approximate surface area is 106 Å². The minimum Gasteiger partial charge on any atom is -0.392 e. The van der Waals surface area contributed by atoms with Crippen LogP contribution in [-0.2, 0) is 12.0 Å². The van der Waals surface area contributed by atoms with Gasteiger partial charge in [0.25, 0.3) is 0 Å². The van der Waals surface area contributed by atoms with E-state index in [1.807, 2.05) is 12.1 Å². The SMILES string of the molecule is CC(C)(C)c1ccc2nc(Cl)c(CO)cc2c1. The number of nitrogens with zero attached hydrogens (tertiary/aromatic N) is 1. The number of rotatable bonds is 1. The van der Waals surface area contributed by atoms with Crippen molar-refractivity contribution in [2.75, 3.05) is 0 Å².